The molecule has 0 unspecified atom stereocenters. The third-order valence-corrected chi connectivity index (χ3v) is 3.14. The number of benzene rings is 1. The molecular weight excluding hydrogens is 248 g/mol. The van der Waals surface area contributed by atoms with Crippen molar-refractivity contribution >= 4 is 11.4 Å². The maximum absolute atomic E-state index is 9.67. The summed E-state index contributed by atoms with van der Waals surface area (Å²) in [5.74, 6) is 0. The van der Waals surface area contributed by atoms with E-state index in [-0.39, 0.29) is 6.54 Å². The molecule has 0 amide bonds. The van der Waals surface area contributed by atoms with E-state index in [1.807, 2.05) is 26.0 Å². The van der Waals surface area contributed by atoms with Crippen molar-refractivity contribution in [3.8, 4) is 0 Å². The molecule has 1 rings (SSSR count). The maximum atomic E-state index is 9.67. The molecule has 3 atom stereocenters. The lowest BCUT2D eigenvalue weighted by molar-refractivity contribution is -0.0715. The lowest BCUT2D eigenvalue weighted by atomic mass is 10.1. The minimum Gasteiger partial charge on any atom is -0.397 e. The molecule has 0 bridgehead atoms. The molecule has 0 aliphatic rings. The fourth-order valence-corrected chi connectivity index (χ4v) is 1.69. The van der Waals surface area contributed by atoms with Crippen molar-refractivity contribution in [1.29, 1.82) is 0 Å². The van der Waals surface area contributed by atoms with E-state index in [0.29, 0.717) is 11.4 Å². The predicted octanol–water partition coefficient (Wildman–Crippen LogP) is -0.627. The molecule has 6 heteroatoms. The second-order valence-electron chi connectivity index (χ2n) is 4.71. The van der Waals surface area contributed by atoms with E-state index in [0.717, 1.165) is 11.1 Å². The molecule has 0 saturated carbocycles. The van der Waals surface area contributed by atoms with Gasteiger partial charge in [-0.05, 0) is 37.1 Å². The maximum Gasteiger partial charge on any atom is 0.110 e. The van der Waals surface area contributed by atoms with Gasteiger partial charge in [-0.15, -0.1) is 0 Å². The molecule has 1 aromatic carbocycles. The number of rotatable bonds is 6. The topological polar surface area (TPSA) is 119 Å². The van der Waals surface area contributed by atoms with Crippen LogP contribution in [0.2, 0.25) is 0 Å². The van der Waals surface area contributed by atoms with Gasteiger partial charge >= 0.3 is 0 Å². The molecule has 0 aromatic heterocycles. The van der Waals surface area contributed by atoms with Crippen molar-refractivity contribution in [2.75, 3.05) is 24.2 Å². The SMILES string of the molecule is Cc1cc(N)c(NC[C@@H](O)[C@@H](O)[C@H](O)CO)cc1C. The van der Waals surface area contributed by atoms with Crippen molar-refractivity contribution in [1.82, 2.24) is 0 Å². The highest BCUT2D eigenvalue weighted by molar-refractivity contribution is 5.68. The van der Waals surface area contributed by atoms with Crippen LogP contribution in [0.25, 0.3) is 0 Å². The molecule has 0 spiro atoms. The Morgan fingerprint density at radius 3 is 2.26 bits per heavy atom. The first-order valence-corrected chi connectivity index (χ1v) is 6.12. The van der Waals surface area contributed by atoms with Gasteiger partial charge < -0.3 is 31.5 Å². The number of hydrogen-bond acceptors (Lipinski definition) is 6. The molecular formula is C13H22N2O4. The molecule has 0 saturated heterocycles. The molecule has 108 valence electrons. The van der Waals surface area contributed by atoms with Gasteiger partial charge in [-0.25, -0.2) is 0 Å². The van der Waals surface area contributed by atoms with Crippen LogP contribution in [0.3, 0.4) is 0 Å². The second-order valence-corrected chi connectivity index (χ2v) is 4.71. The van der Waals surface area contributed by atoms with E-state index in [2.05, 4.69) is 5.32 Å². The van der Waals surface area contributed by atoms with Crippen LogP contribution in [-0.4, -0.2) is 51.9 Å². The van der Waals surface area contributed by atoms with Gasteiger partial charge in [0.05, 0.1) is 24.1 Å². The quantitative estimate of drug-likeness (QED) is 0.383. The highest BCUT2D eigenvalue weighted by Gasteiger charge is 2.23. The molecule has 1 aromatic rings. The van der Waals surface area contributed by atoms with Crippen LogP contribution in [0.1, 0.15) is 11.1 Å². The Bertz CT molecular complexity index is 425. The van der Waals surface area contributed by atoms with Crippen molar-refractivity contribution in [2.45, 2.75) is 32.2 Å². The van der Waals surface area contributed by atoms with Crippen LogP contribution in [0.15, 0.2) is 12.1 Å². The molecule has 0 aliphatic carbocycles. The van der Waals surface area contributed by atoms with E-state index < -0.39 is 24.9 Å². The summed E-state index contributed by atoms with van der Waals surface area (Å²) in [7, 11) is 0. The summed E-state index contributed by atoms with van der Waals surface area (Å²) in [4.78, 5) is 0. The van der Waals surface area contributed by atoms with Gasteiger partial charge in [0.15, 0.2) is 0 Å². The average Bonchev–Trinajstić information content (AvgIpc) is 2.39. The third-order valence-electron chi connectivity index (χ3n) is 3.14. The Hall–Kier alpha value is -1.34. The second kappa shape index (κ2) is 6.72. The first-order chi connectivity index (χ1) is 8.86. The number of aliphatic hydroxyl groups is 4. The van der Waals surface area contributed by atoms with E-state index in [1.165, 1.54) is 0 Å². The van der Waals surface area contributed by atoms with E-state index in [1.54, 1.807) is 0 Å². The van der Waals surface area contributed by atoms with Gasteiger partial charge in [0, 0.05) is 6.54 Å². The summed E-state index contributed by atoms with van der Waals surface area (Å²) in [5.41, 5.74) is 9.18. The van der Waals surface area contributed by atoms with Crippen molar-refractivity contribution in [2.24, 2.45) is 0 Å². The molecule has 6 nitrogen and oxygen atoms in total. The number of anilines is 2. The first-order valence-electron chi connectivity index (χ1n) is 6.12. The zero-order valence-corrected chi connectivity index (χ0v) is 11.2. The number of nitrogen functional groups attached to an aromatic ring is 1. The summed E-state index contributed by atoms with van der Waals surface area (Å²) >= 11 is 0. The highest BCUT2D eigenvalue weighted by atomic mass is 16.4. The van der Waals surface area contributed by atoms with E-state index in [9.17, 15) is 15.3 Å². The van der Waals surface area contributed by atoms with Gasteiger partial charge in [0.25, 0.3) is 0 Å². The highest BCUT2D eigenvalue weighted by Crippen LogP contribution is 2.23. The number of nitrogens with two attached hydrogens (primary N) is 1. The van der Waals surface area contributed by atoms with Crippen molar-refractivity contribution < 1.29 is 20.4 Å². The summed E-state index contributed by atoms with van der Waals surface area (Å²) in [6.45, 7) is 3.31. The van der Waals surface area contributed by atoms with Gasteiger partial charge in [0.2, 0.25) is 0 Å². The Kier molecular flexibility index (Phi) is 5.56. The number of aryl methyl sites for hydroxylation is 2. The summed E-state index contributed by atoms with van der Waals surface area (Å²) in [6.07, 6.45) is -3.98. The van der Waals surface area contributed by atoms with Crippen LogP contribution < -0.4 is 11.1 Å². The summed E-state index contributed by atoms with van der Waals surface area (Å²) in [6, 6.07) is 3.68. The Balaban J connectivity index is 2.64. The van der Waals surface area contributed by atoms with E-state index in [4.69, 9.17) is 10.8 Å². The molecule has 19 heavy (non-hydrogen) atoms. The first kappa shape index (κ1) is 15.7. The predicted molar refractivity (Wildman–Crippen MR) is 73.9 cm³/mol. The van der Waals surface area contributed by atoms with Crippen LogP contribution in [0, 0.1) is 13.8 Å². The minimum atomic E-state index is -1.41. The fraction of sp³-hybridized carbons (Fsp3) is 0.538. The summed E-state index contributed by atoms with van der Waals surface area (Å²) < 4.78 is 0. The number of nitrogens with one attached hydrogen (secondary N) is 1. The van der Waals surface area contributed by atoms with Crippen molar-refractivity contribution in [3.05, 3.63) is 23.3 Å². The molecule has 7 N–H and O–H groups in total. The zero-order valence-electron chi connectivity index (χ0n) is 11.2. The Labute approximate surface area is 112 Å². The average molecular weight is 270 g/mol. The molecule has 0 fully saturated rings. The number of aliphatic hydroxyl groups excluding tert-OH is 4. The van der Waals surface area contributed by atoms with Gasteiger partial charge in [-0.2, -0.15) is 0 Å². The lowest BCUT2D eigenvalue weighted by Gasteiger charge is -2.22. The largest absolute Gasteiger partial charge is 0.397 e. The van der Waals surface area contributed by atoms with Crippen LogP contribution in [0.5, 0.6) is 0 Å². The molecule has 0 heterocycles. The van der Waals surface area contributed by atoms with E-state index >= 15 is 0 Å². The van der Waals surface area contributed by atoms with Crippen LogP contribution in [-0.2, 0) is 0 Å². The van der Waals surface area contributed by atoms with Crippen LogP contribution >= 0.6 is 0 Å². The lowest BCUT2D eigenvalue weighted by Crippen LogP contribution is -2.42. The minimum absolute atomic E-state index is 0.0188. The van der Waals surface area contributed by atoms with Gasteiger partial charge in [0.1, 0.15) is 12.2 Å². The monoisotopic (exact) mass is 270 g/mol. The van der Waals surface area contributed by atoms with Gasteiger partial charge in [-0.1, -0.05) is 0 Å². The smallest absolute Gasteiger partial charge is 0.110 e. The molecule has 0 aliphatic heterocycles. The fourth-order valence-electron chi connectivity index (χ4n) is 1.69. The normalized spacial score (nSPS) is 15.9. The molecule has 0 radical (unpaired) electrons. The zero-order chi connectivity index (χ0) is 14.6. The summed E-state index contributed by atoms with van der Waals surface area (Å²) in [5, 5.41) is 40.0. The van der Waals surface area contributed by atoms with Crippen LogP contribution in [0.4, 0.5) is 11.4 Å². The Morgan fingerprint density at radius 1 is 1.11 bits per heavy atom. The number of hydrogen-bond donors (Lipinski definition) is 6. The Morgan fingerprint density at radius 2 is 1.68 bits per heavy atom. The van der Waals surface area contributed by atoms with Crippen molar-refractivity contribution in [3.63, 3.8) is 0 Å². The standard InChI is InChI=1S/C13H22N2O4/c1-7-3-9(14)10(4-8(7)2)15-5-11(17)13(19)12(18)6-16/h3-4,11-13,15-19H,5-6,14H2,1-2H3/t11-,12-,13-/m1/s1. The van der Waals surface area contributed by atoms with Gasteiger partial charge in [-0.3, -0.25) is 0 Å². The third kappa shape index (κ3) is 4.07.